The molecule has 1 rings (SSSR count). The summed E-state index contributed by atoms with van der Waals surface area (Å²) in [6.07, 6.45) is 13.1. The smallest absolute Gasteiger partial charge is 0.393 e. The van der Waals surface area contributed by atoms with E-state index in [2.05, 4.69) is 31.3 Å². The van der Waals surface area contributed by atoms with Gasteiger partial charge in [-0.3, -0.25) is 13.8 Å². The van der Waals surface area contributed by atoms with Crippen molar-refractivity contribution in [2.75, 3.05) is 6.61 Å². The molecule has 0 bridgehead atoms. The van der Waals surface area contributed by atoms with E-state index >= 15 is 0 Å². The molecule has 0 aromatic carbocycles. The van der Waals surface area contributed by atoms with Crippen molar-refractivity contribution in [1.29, 1.82) is 0 Å². The third kappa shape index (κ3) is 21.3. The van der Waals surface area contributed by atoms with Gasteiger partial charge in [0.2, 0.25) is 5.91 Å². The Morgan fingerprint density at radius 1 is 0.686 bits per heavy atom. The van der Waals surface area contributed by atoms with Gasteiger partial charge in [-0.1, -0.05) is 115 Å². The zero-order chi connectivity index (χ0) is 38.1. The van der Waals surface area contributed by atoms with Crippen LogP contribution in [0, 0.1) is 0 Å². The van der Waals surface area contributed by atoms with Gasteiger partial charge in [-0.05, 0) is 44.9 Å². The second-order valence-electron chi connectivity index (χ2n) is 14.0. The topological polar surface area (TPSA) is 226 Å². The standard InChI is InChI=1S/C37H70NO12P/c1-3-5-7-9-11-13-15-16-18-20-22-24-28(39)26-31(41)38-29(30(40)25-23-21-19-17-14-12-10-8-6-4-2)27-49-51(47,48)50-37-35(45)33(43)32(42)34(44)36(37)46/h16,18,23,25,28-30,32-37,39-40,42-46H,3-15,17,19-22,24,26-27H2,1-2H3,(H,38,41)(H,47,48)/b18-16-,25-23+. The largest absolute Gasteiger partial charge is 0.472 e. The van der Waals surface area contributed by atoms with Gasteiger partial charge in [0.05, 0.1) is 31.3 Å². The molecule has 13 nitrogen and oxygen atoms in total. The molecule has 0 spiro atoms. The van der Waals surface area contributed by atoms with Crippen LogP contribution in [-0.2, 0) is 18.4 Å². The Balaban J connectivity index is 2.69. The molecule has 51 heavy (non-hydrogen) atoms. The fourth-order valence-electron chi connectivity index (χ4n) is 6.00. The lowest BCUT2D eigenvalue weighted by Crippen LogP contribution is -2.64. The van der Waals surface area contributed by atoms with Crippen molar-refractivity contribution < 1.29 is 59.0 Å². The SMILES string of the molecule is CCCCCCCC/C=C\CCCC(O)CC(=O)NC(COP(=O)(O)OC1C(O)C(O)C(O)C(O)C1O)C(O)/C=C/CCCCCCCCCC. The number of aliphatic hydroxyl groups excluding tert-OH is 7. The lowest BCUT2D eigenvalue weighted by atomic mass is 9.85. The van der Waals surface area contributed by atoms with Gasteiger partial charge < -0.3 is 46.0 Å². The number of carbonyl (C=O) groups is 1. The van der Waals surface area contributed by atoms with Crippen molar-refractivity contribution in [3.05, 3.63) is 24.3 Å². The highest BCUT2D eigenvalue weighted by atomic mass is 31.2. The number of unbranched alkanes of at least 4 members (excludes halogenated alkanes) is 15. The second-order valence-corrected chi connectivity index (χ2v) is 15.4. The number of nitrogens with one attached hydrogen (secondary N) is 1. The Hall–Kier alpha value is -1.22. The predicted octanol–water partition coefficient (Wildman–Crippen LogP) is 4.47. The molecule has 14 heteroatoms. The predicted molar refractivity (Wildman–Crippen MR) is 197 cm³/mol. The fourth-order valence-corrected chi connectivity index (χ4v) is 6.97. The van der Waals surface area contributed by atoms with Crippen LogP contribution < -0.4 is 5.32 Å². The summed E-state index contributed by atoms with van der Waals surface area (Å²) in [5, 5.41) is 73.9. The van der Waals surface area contributed by atoms with E-state index in [0.717, 1.165) is 38.5 Å². The molecule has 0 aliphatic heterocycles. The molecule has 9 N–H and O–H groups in total. The number of amides is 1. The van der Waals surface area contributed by atoms with Crippen LogP contribution in [0.5, 0.6) is 0 Å². The molecule has 1 saturated carbocycles. The third-order valence-electron chi connectivity index (χ3n) is 9.28. The van der Waals surface area contributed by atoms with E-state index in [-0.39, 0.29) is 6.42 Å². The first-order chi connectivity index (χ1) is 24.3. The highest BCUT2D eigenvalue weighted by Gasteiger charge is 2.51. The van der Waals surface area contributed by atoms with E-state index in [9.17, 15) is 50.0 Å². The van der Waals surface area contributed by atoms with Crippen molar-refractivity contribution in [2.45, 2.75) is 197 Å². The van der Waals surface area contributed by atoms with Gasteiger partial charge in [0, 0.05) is 0 Å². The molecule has 0 saturated heterocycles. The van der Waals surface area contributed by atoms with Gasteiger partial charge in [0.1, 0.15) is 36.6 Å². The van der Waals surface area contributed by atoms with E-state index in [1.807, 2.05) is 0 Å². The van der Waals surface area contributed by atoms with Crippen LogP contribution in [-0.4, -0.2) is 108 Å². The molecule has 1 amide bonds. The summed E-state index contributed by atoms with van der Waals surface area (Å²) >= 11 is 0. The molecule has 0 radical (unpaired) electrons. The molecule has 1 aliphatic rings. The summed E-state index contributed by atoms with van der Waals surface area (Å²) in [6, 6.07) is -1.24. The molecule has 300 valence electrons. The Labute approximate surface area is 305 Å². The lowest BCUT2D eigenvalue weighted by Gasteiger charge is -2.41. The normalized spacial score (nSPS) is 25.6. The minimum atomic E-state index is -5.13. The van der Waals surface area contributed by atoms with Crippen molar-refractivity contribution in [3.63, 3.8) is 0 Å². The minimum Gasteiger partial charge on any atom is -0.393 e. The maximum absolute atomic E-state index is 12.9. The van der Waals surface area contributed by atoms with Gasteiger partial charge in [-0.25, -0.2) is 4.57 Å². The first kappa shape index (κ1) is 47.8. The number of carbonyl (C=O) groups excluding carboxylic acids is 1. The van der Waals surface area contributed by atoms with Crippen LogP contribution >= 0.6 is 7.82 Å². The van der Waals surface area contributed by atoms with Crippen LogP contribution in [0.1, 0.15) is 142 Å². The van der Waals surface area contributed by atoms with Gasteiger partial charge in [-0.2, -0.15) is 0 Å². The van der Waals surface area contributed by atoms with E-state index in [1.165, 1.54) is 70.3 Å². The maximum Gasteiger partial charge on any atom is 0.472 e. The number of hydrogen-bond donors (Lipinski definition) is 9. The lowest BCUT2D eigenvalue weighted by molar-refractivity contribution is -0.220. The molecule has 1 fully saturated rings. The monoisotopic (exact) mass is 751 g/mol. The van der Waals surface area contributed by atoms with E-state index in [0.29, 0.717) is 19.3 Å². The number of allylic oxidation sites excluding steroid dienone is 3. The molecule has 8 atom stereocenters. The van der Waals surface area contributed by atoms with Crippen LogP contribution in [0.4, 0.5) is 0 Å². The number of phosphoric acid groups is 1. The van der Waals surface area contributed by atoms with Gasteiger partial charge >= 0.3 is 7.82 Å². The molecular weight excluding hydrogens is 681 g/mol. The highest BCUT2D eigenvalue weighted by molar-refractivity contribution is 7.47. The molecule has 0 aromatic heterocycles. The average Bonchev–Trinajstić information content (AvgIpc) is 3.09. The Bertz CT molecular complexity index is 985. The molecule has 1 aliphatic carbocycles. The van der Waals surface area contributed by atoms with E-state index in [4.69, 9.17) is 9.05 Å². The zero-order valence-corrected chi connectivity index (χ0v) is 31.9. The van der Waals surface area contributed by atoms with Crippen LogP contribution in [0.15, 0.2) is 24.3 Å². The summed E-state index contributed by atoms with van der Waals surface area (Å²) in [4.78, 5) is 23.2. The van der Waals surface area contributed by atoms with Gasteiger partial charge in [0.15, 0.2) is 0 Å². The highest BCUT2D eigenvalue weighted by Crippen LogP contribution is 2.47. The summed E-state index contributed by atoms with van der Waals surface area (Å²) in [5.74, 6) is -0.614. The Morgan fingerprint density at radius 2 is 1.14 bits per heavy atom. The molecule has 8 unspecified atom stereocenters. The van der Waals surface area contributed by atoms with Crippen LogP contribution in [0.3, 0.4) is 0 Å². The van der Waals surface area contributed by atoms with Crippen LogP contribution in [0.25, 0.3) is 0 Å². The first-order valence-corrected chi connectivity index (χ1v) is 20.9. The van der Waals surface area contributed by atoms with E-state index in [1.54, 1.807) is 6.08 Å². The number of rotatable bonds is 30. The average molecular weight is 752 g/mol. The third-order valence-corrected chi connectivity index (χ3v) is 10.3. The Kier molecular flexibility index (Phi) is 26.5. The van der Waals surface area contributed by atoms with Crippen molar-refractivity contribution in [2.24, 2.45) is 0 Å². The van der Waals surface area contributed by atoms with Gasteiger partial charge in [0.25, 0.3) is 0 Å². The first-order valence-electron chi connectivity index (χ1n) is 19.4. The van der Waals surface area contributed by atoms with Crippen molar-refractivity contribution >= 4 is 13.7 Å². The second kappa shape index (κ2) is 28.3. The molecule has 0 heterocycles. The number of hydrogen-bond acceptors (Lipinski definition) is 11. The number of phosphoric ester groups is 1. The summed E-state index contributed by atoms with van der Waals surface area (Å²) in [6.45, 7) is 3.64. The molecular formula is C37H70NO12P. The summed E-state index contributed by atoms with van der Waals surface area (Å²) in [5.41, 5.74) is 0. The summed E-state index contributed by atoms with van der Waals surface area (Å²) < 4.78 is 22.7. The number of aliphatic hydroxyl groups is 7. The van der Waals surface area contributed by atoms with Crippen molar-refractivity contribution in [1.82, 2.24) is 5.32 Å². The minimum absolute atomic E-state index is 0.265. The quantitative estimate of drug-likeness (QED) is 0.0282. The van der Waals surface area contributed by atoms with Crippen LogP contribution in [0.2, 0.25) is 0 Å². The van der Waals surface area contributed by atoms with E-state index < -0.39 is 75.2 Å². The maximum atomic E-state index is 12.9. The molecule has 0 aromatic rings. The fraction of sp³-hybridized carbons (Fsp3) is 0.865. The zero-order valence-electron chi connectivity index (χ0n) is 31.0. The van der Waals surface area contributed by atoms with Gasteiger partial charge in [-0.15, -0.1) is 0 Å². The van der Waals surface area contributed by atoms with Crippen molar-refractivity contribution in [3.8, 4) is 0 Å². The Morgan fingerprint density at radius 3 is 1.67 bits per heavy atom. The summed E-state index contributed by atoms with van der Waals surface area (Å²) in [7, 11) is -5.13.